The van der Waals surface area contributed by atoms with Crippen molar-refractivity contribution < 1.29 is 14.2 Å². The number of aromatic nitrogens is 4. The van der Waals surface area contributed by atoms with E-state index in [4.69, 9.17) is 14.2 Å². The predicted octanol–water partition coefficient (Wildman–Crippen LogP) is 11.7. The van der Waals surface area contributed by atoms with Gasteiger partial charge in [0.15, 0.2) is 23.0 Å². The Morgan fingerprint density at radius 2 is 1.12 bits per heavy atom. The molecule has 0 amide bonds. The van der Waals surface area contributed by atoms with E-state index in [0.29, 0.717) is 66.9 Å². The minimum Gasteiger partial charge on any atom is -0.490 e. The van der Waals surface area contributed by atoms with Gasteiger partial charge in [0.05, 0.1) is 37.4 Å². The van der Waals surface area contributed by atoms with Crippen LogP contribution in [0.3, 0.4) is 0 Å². The van der Waals surface area contributed by atoms with Crippen molar-refractivity contribution in [1.82, 2.24) is 19.5 Å². The summed E-state index contributed by atoms with van der Waals surface area (Å²) in [5.74, 6) is 3.56. The average molecular weight is 795 g/mol. The molecule has 0 radical (unpaired) electrons. The summed E-state index contributed by atoms with van der Waals surface area (Å²) in [5.41, 5.74) is 7.29. The predicted molar refractivity (Wildman–Crippen MR) is 240 cm³/mol. The van der Waals surface area contributed by atoms with Crippen molar-refractivity contribution in [2.45, 2.75) is 140 Å². The Balaban J connectivity index is 1.76. The van der Waals surface area contributed by atoms with E-state index in [-0.39, 0.29) is 11.5 Å². The van der Waals surface area contributed by atoms with Crippen LogP contribution < -0.4 is 25.5 Å². The number of H-pyrrole nitrogens is 1. The first kappa shape index (κ1) is 46.0. The molecule has 0 saturated heterocycles. The zero-order chi connectivity index (χ0) is 42.4. The Morgan fingerprint density at radius 1 is 0.655 bits per heavy atom. The zero-order valence-electron chi connectivity index (χ0n) is 37.3. The van der Waals surface area contributed by atoms with Gasteiger partial charge in [0.25, 0.3) is 5.56 Å². The summed E-state index contributed by atoms with van der Waals surface area (Å²) in [6.45, 7) is 25.6. The Labute approximate surface area is 347 Å². The zero-order valence-corrected chi connectivity index (χ0v) is 37.3. The summed E-state index contributed by atoms with van der Waals surface area (Å²) in [6.07, 6.45) is 16.0. The molecular formula is C49H70N4O5. The van der Waals surface area contributed by atoms with Gasteiger partial charge in [-0.15, -0.1) is 0 Å². The molecule has 2 aromatic carbocycles. The maximum Gasteiger partial charge on any atom is 0.349 e. The number of ether oxygens (including phenoxy) is 3. The van der Waals surface area contributed by atoms with Gasteiger partial charge in [0.2, 0.25) is 5.75 Å². The lowest BCUT2D eigenvalue weighted by molar-refractivity contribution is 0.217. The summed E-state index contributed by atoms with van der Waals surface area (Å²) >= 11 is 0. The Morgan fingerprint density at radius 3 is 1.60 bits per heavy atom. The Kier molecular flexibility index (Phi) is 17.8. The van der Waals surface area contributed by atoms with E-state index in [1.165, 1.54) is 16.7 Å². The first-order valence-corrected chi connectivity index (χ1v) is 21.5. The first-order valence-electron chi connectivity index (χ1n) is 21.5. The largest absolute Gasteiger partial charge is 0.490 e. The molecule has 0 aromatic heterocycles. The van der Waals surface area contributed by atoms with Crippen LogP contribution in [0.15, 0.2) is 68.8 Å². The monoisotopic (exact) mass is 795 g/mol. The van der Waals surface area contributed by atoms with Gasteiger partial charge in [0, 0.05) is 0 Å². The second kappa shape index (κ2) is 22.5. The SMILES string of the molecule is CC(C)=CCC[C@H](C)CCOc1cc(Cn2c3nc(=O)[nH]c(=O)c-3nc3cc(C)c(C)cc32)cc(OCC[C@@H](C)CCC=C(C)C)c1OCC[C@@H](C)CCC=C(C)C. The number of aromatic amines is 1. The fraction of sp³-hybridized carbons (Fsp3) is 0.551. The number of benzene rings is 2. The molecule has 0 bridgehead atoms. The first-order chi connectivity index (χ1) is 27.6. The molecule has 2 aliphatic rings. The average Bonchev–Trinajstić information content (AvgIpc) is 3.13. The molecule has 1 N–H and O–H groups in total. The number of nitrogens with one attached hydrogen (secondary N) is 1. The molecule has 0 spiro atoms. The molecule has 0 unspecified atom stereocenters. The molecule has 0 aliphatic carbocycles. The lowest BCUT2D eigenvalue weighted by atomic mass is 10.0. The van der Waals surface area contributed by atoms with Gasteiger partial charge < -0.3 is 18.8 Å². The maximum atomic E-state index is 13.1. The fourth-order valence-electron chi connectivity index (χ4n) is 6.98. The van der Waals surface area contributed by atoms with E-state index in [1.807, 2.05) is 42.7 Å². The van der Waals surface area contributed by atoms with E-state index in [1.54, 1.807) is 0 Å². The third-order valence-corrected chi connectivity index (χ3v) is 10.9. The molecule has 58 heavy (non-hydrogen) atoms. The summed E-state index contributed by atoms with van der Waals surface area (Å²) in [6, 6.07) is 8.06. The highest BCUT2D eigenvalue weighted by atomic mass is 16.5. The molecule has 9 nitrogen and oxygen atoms in total. The number of hydrogen-bond acceptors (Lipinski definition) is 7. The number of aryl methyl sites for hydroxylation is 2. The molecule has 9 heteroatoms. The summed E-state index contributed by atoms with van der Waals surface area (Å²) in [4.78, 5) is 37.0. The van der Waals surface area contributed by atoms with Crippen molar-refractivity contribution in [3.05, 3.63) is 96.7 Å². The molecule has 2 aromatic rings. The van der Waals surface area contributed by atoms with Gasteiger partial charge in [-0.3, -0.25) is 9.78 Å². The van der Waals surface area contributed by atoms with Crippen molar-refractivity contribution in [3.8, 4) is 28.8 Å². The van der Waals surface area contributed by atoms with E-state index >= 15 is 0 Å². The van der Waals surface area contributed by atoms with Crippen molar-refractivity contribution in [1.29, 1.82) is 0 Å². The van der Waals surface area contributed by atoms with Crippen LogP contribution in [0, 0.1) is 31.6 Å². The molecule has 0 fully saturated rings. The van der Waals surface area contributed by atoms with Crippen LogP contribution in [-0.4, -0.2) is 39.3 Å². The molecule has 316 valence electrons. The molecular weight excluding hydrogens is 725 g/mol. The lowest BCUT2D eigenvalue weighted by Gasteiger charge is -2.22. The van der Waals surface area contributed by atoms with E-state index in [9.17, 15) is 9.59 Å². The molecule has 3 atom stereocenters. The third-order valence-electron chi connectivity index (χ3n) is 10.9. The number of allylic oxidation sites excluding steroid dienone is 6. The van der Waals surface area contributed by atoms with Crippen LogP contribution in [0.1, 0.15) is 137 Å². The van der Waals surface area contributed by atoms with Crippen LogP contribution in [-0.2, 0) is 6.54 Å². The highest BCUT2D eigenvalue weighted by Crippen LogP contribution is 2.41. The third kappa shape index (κ3) is 14.3. The van der Waals surface area contributed by atoms with Gasteiger partial charge in [-0.05, 0) is 172 Å². The lowest BCUT2D eigenvalue weighted by Crippen LogP contribution is -2.29. The molecule has 4 rings (SSSR count). The smallest absolute Gasteiger partial charge is 0.349 e. The Bertz CT molecular complexity index is 2070. The molecule has 2 heterocycles. The van der Waals surface area contributed by atoms with Crippen LogP contribution in [0.2, 0.25) is 0 Å². The molecule has 0 saturated carbocycles. The highest BCUT2D eigenvalue weighted by molar-refractivity contribution is 5.81. The van der Waals surface area contributed by atoms with E-state index in [0.717, 1.165) is 80.0 Å². The van der Waals surface area contributed by atoms with Crippen molar-refractivity contribution in [2.75, 3.05) is 19.8 Å². The minimum absolute atomic E-state index is 0.117. The minimum atomic E-state index is -0.708. The number of rotatable bonds is 23. The van der Waals surface area contributed by atoms with Gasteiger partial charge >= 0.3 is 5.69 Å². The van der Waals surface area contributed by atoms with Gasteiger partial charge in [-0.1, -0.05) is 55.7 Å². The summed E-state index contributed by atoms with van der Waals surface area (Å²) in [7, 11) is 0. The second-order valence-corrected chi connectivity index (χ2v) is 17.4. The second-order valence-electron chi connectivity index (χ2n) is 17.4. The van der Waals surface area contributed by atoms with E-state index in [2.05, 4.69) is 95.5 Å². The number of nitrogens with zero attached hydrogens (tertiary/aromatic N) is 3. The van der Waals surface area contributed by atoms with Gasteiger partial charge in [0.1, 0.15) is 0 Å². The van der Waals surface area contributed by atoms with Crippen LogP contribution in [0.5, 0.6) is 17.2 Å². The topological polar surface area (TPSA) is 108 Å². The van der Waals surface area contributed by atoms with Gasteiger partial charge in [-0.2, -0.15) is 4.98 Å². The highest BCUT2D eigenvalue weighted by Gasteiger charge is 2.22. The Hall–Kier alpha value is -4.66. The van der Waals surface area contributed by atoms with Crippen LogP contribution in [0.4, 0.5) is 0 Å². The van der Waals surface area contributed by atoms with E-state index < -0.39 is 11.2 Å². The van der Waals surface area contributed by atoms with Gasteiger partial charge in [-0.25, -0.2) is 9.78 Å². The maximum absolute atomic E-state index is 13.1. The quantitative estimate of drug-likeness (QED) is 0.0588. The van der Waals surface area contributed by atoms with Crippen LogP contribution >= 0.6 is 0 Å². The fourth-order valence-corrected chi connectivity index (χ4v) is 6.98. The van der Waals surface area contributed by atoms with Crippen molar-refractivity contribution >= 4 is 11.0 Å². The van der Waals surface area contributed by atoms with Crippen molar-refractivity contribution in [3.63, 3.8) is 0 Å². The number of fused-ring (bicyclic) bond motifs is 2. The standard InChI is InChI=1S/C49H70N4O5/c1-32(2)15-12-18-35(7)21-24-56-43-29-40(31-53-42-28-39(11)38(10)27-41(42)50-45-47(53)51-49(55)52-48(45)54)30-44(57-25-22-36(8)19-13-16-33(3)4)46(43)58-26-23-37(9)20-14-17-34(5)6/h15-17,27-30,35-37H,12-14,18-26,31H2,1-11H3,(H,52,54,55)/t35-,36-,37-/m0/s1. The number of hydrogen-bond donors (Lipinski definition) is 1. The molecule has 2 aliphatic heterocycles. The van der Waals surface area contributed by atoms with Crippen molar-refractivity contribution in [2.24, 2.45) is 17.8 Å². The normalized spacial score (nSPS) is 12.9. The summed E-state index contributed by atoms with van der Waals surface area (Å²) < 4.78 is 21.9. The summed E-state index contributed by atoms with van der Waals surface area (Å²) in [5, 5.41) is 0. The van der Waals surface area contributed by atoms with Crippen LogP contribution in [0.25, 0.3) is 22.6 Å².